The Bertz CT molecular complexity index is 216. The van der Waals surface area contributed by atoms with Gasteiger partial charge in [-0.2, -0.15) is 0 Å². The first-order chi connectivity index (χ1) is 6.72. The topological polar surface area (TPSA) is 55.1 Å². The van der Waals surface area contributed by atoms with Gasteiger partial charge in [0, 0.05) is 5.92 Å². The summed E-state index contributed by atoms with van der Waals surface area (Å²) < 4.78 is 0. The number of amides is 1. The number of hydrogen-bond donors (Lipinski definition) is 2. The first-order valence-corrected chi connectivity index (χ1v) is 5.72. The van der Waals surface area contributed by atoms with Crippen LogP contribution in [0.25, 0.3) is 0 Å². The standard InChI is InChI=1S/C11H20N2O/c12-10(14)9-2-1-3-11(8-9)4-6-13-7-5-11/h9,13H,1-8H2,(H2,12,14). The van der Waals surface area contributed by atoms with E-state index in [-0.39, 0.29) is 11.8 Å². The summed E-state index contributed by atoms with van der Waals surface area (Å²) in [4.78, 5) is 11.2. The molecule has 14 heavy (non-hydrogen) atoms. The summed E-state index contributed by atoms with van der Waals surface area (Å²) in [5.74, 6) is 0.0736. The van der Waals surface area contributed by atoms with Crippen LogP contribution < -0.4 is 11.1 Å². The van der Waals surface area contributed by atoms with Gasteiger partial charge >= 0.3 is 0 Å². The lowest BCUT2D eigenvalue weighted by atomic mass is 9.65. The third-order valence-electron chi connectivity index (χ3n) is 4.01. The molecule has 2 aliphatic rings. The molecule has 1 spiro atoms. The highest BCUT2D eigenvalue weighted by Gasteiger charge is 2.38. The van der Waals surface area contributed by atoms with E-state index in [0.29, 0.717) is 5.41 Å². The van der Waals surface area contributed by atoms with Gasteiger partial charge in [-0.05, 0) is 50.6 Å². The molecular formula is C11H20N2O. The monoisotopic (exact) mass is 196 g/mol. The SMILES string of the molecule is NC(=O)C1CCCC2(CCNCC2)C1. The van der Waals surface area contributed by atoms with Crippen LogP contribution in [-0.4, -0.2) is 19.0 Å². The predicted octanol–water partition coefficient (Wildman–Crippen LogP) is 1.03. The molecule has 1 saturated heterocycles. The van der Waals surface area contributed by atoms with E-state index in [2.05, 4.69) is 5.32 Å². The summed E-state index contributed by atoms with van der Waals surface area (Å²) >= 11 is 0. The molecule has 1 saturated carbocycles. The lowest BCUT2D eigenvalue weighted by Crippen LogP contribution is -2.42. The second-order valence-corrected chi connectivity index (χ2v) is 4.95. The van der Waals surface area contributed by atoms with Gasteiger partial charge in [-0.25, -0.2) is 0 Å². The number of carbonyl (C=O) groups is 1. The molecule has 0 aromatic rings. The van der Waals surface area contributed by atoms with Crippen LogP contribution in [0.1, 0.15) is 38.5 Å². The van der Waals surface area contributed by atoms with Gasteiger partial charge in [-0.3, -0.25) is 4.79 Å². The Balaban J connectivity index is 2.01. The summed E-state index contributed by atoms with van der Waals surface area (Å²) in [6.45, 7) is 2.23. The molecule has 1 aliphatic carbocycles. The Morgan fingerprint density at radius 1 is 1.29 bits per heavy atom. The molecule has 1 amide bonds. The molecule has 3 N–H and O–H groups in total. The van der Waals surface area contributed by atoms with Crippen molar-refractivity contribution in [2.45, 2.75) is 38.5 Å². The number of nitrogens with two attached hydrogens (primary N) is 1. The maximum Gasteiger partial charge on any atom is 0.220 e. The van der Waals surface area contributed by atoms with Gasteiger partial charge in [0.05, 0.1) is 0 Å². The zero-order valence-electron chi connectivity index (χ0n) is 8.72. The summed E-state index contributed by atoms with van der Waals surface area (Å²) in [6, 6.07) is 0. The van der Waals surface area contributed by atoms with E-state index in [4.69, 9.17) is 5.73 Å². The maximum atomic E-state index is 11.2. The number of nitrogens with one attached hydrogen (secondary N) is 1. The normalized spacial score (nSPS) is 31.6. The quantitative estimate of drug-likeness (QED) is 0.658. The molecule has 2 rings (SSSR count). The molecule has 1 atom stereocenters. The predicted molar refractivity (Wildman–Crippen MR) is 55.7 cm³/mol. The van der Waals surface area contributed by atoms with E-state index in [1.807, 2.05) is 0 Å². The van der Waals surface area contributed by atoms with E-state index in [1.54, 1.807) is 0 Å². The Kier molecular flexibility index (Phi) is 2.77. The zero-order chi connectivity index (χ0) is 10.0. The molecular weight excluding hydrogens is 176 g/mol. The number of carbonyl (C=O) groups excluding carboxylic acids is 1. The van der Waals surface area contributed by atoms with Crippen LogP contribution in [0.2, 0.25) is 0 Å². The minimum absolute atomic E-state index is 0.0809. The summed E-state index contributed by atoms with van der Waals surface area (Å²) in [7, 11) is 0. The van der Waals surface area contributed by atoms with Gasteiger partial charge in [-0.15, -0.1) is 0 Å². The highest BCUT2D eigenvalue weighted by molar-refractivity contribution is 5.76. The minimum Gasteiger partial charge on any atom is -0.369 e. The Labute approximate surface area is 85.4 Å². The minimum atomic E-state index is -0.0809. The lowest BCUT2D eigenvalue weighted by Gasteiger charge is -2.43. The molecule has 1 aliphatic heterocycles. The average molecular weight is 196 g/mol. The molecule has 2 fully saturated rings. The molecule has 0 bridgehead atoms. The van der Waals surface area contributed by atoms with Crippen LogP contribution >= 0.6 is 0 Å². The molecule has 0 radical (unpaired) electrons. The Hall–Kier alpha value is -0.570. The molecule has 3 nitrogen and oxygen atoms in total. The third-order valence-corrected chi connectivity index (χ3v) is 4.01. The summed E-state index contributed by atoms with van der Waals surface area (Å²) in [6.07, 6.45) is 7.02. The Morgan fingerprint density at radius 2 is 2.00 bits per heavy atom. The number of rotatable bonds is 1. The molecule has 0 aromatic heterocycles. The van der Waals surface area contributed by atoms with Crippen molar-refractivity contribution in [2.75, 3.05) is 13.1 Å². The van der Waals surface area contributed by atoms with Gasteiger partial charge in [0.1, 0.15) is 0 Å². The first kappa shape index (κ1) is 9.97. The van der Waals surface area contributed by atoms with Crippen LogP contribution in [-0.2, 0) is 4.79 Å². The number of hydrogen-bond acceptors (Lipinski definition) is 2. The van der Waals surface area contributed by atoms with Crippen LogP contribution in [0.3, 0.4) is 0 Å². The van der Waals surface area contributed by atoms with Crippen molar-refractivity contribution in [3.8, 4) is 0 Å². The molecule has 1 unspecified atom stereocenters. The van der Waals surface area contributed by atoms with E-state index >= 15 is 0 Å². The maximum absolute atomic E-state index is 11.2. The first-order valence-electron chi connectivity index (χ1n) is 5.72. The average Bonchev–Trinajstić information content (AvgIpc) is 2.19. The fraction of sp³-hybridized carbons (Fsp3) is 0.909. The number of primary amides is 1. The van der Waals surface area contributed by atoms with E-state index in [0.717, 1.165) is 25.9 Å². The van der Waals surface area contributed by atoms with E-state index < -0.39 is 0 Å². The van der Waals surface area contributed by atoms with Crippen molar-refractivity contribution >= 4 is 5.91 Å². The van der Waals surface area contributed by atoms with Crippen molar-refractivity contribution in [3.05, 3.63) is 0 Å². The Morgan fingerprint density at radius 3 is 2.64 bits per heavy atom. The van der Waals surface area contributed by atoms with Crippen molar-refractivity contribution in [1.29, 1.82) is 0 Å². The van der Waals surface area contributed by atoms with Crippen molar-refractivity contribution in [2.24, 2.45) is 17.1 Å². The largest absolute Gasteiger partial charge is 0.369 e. The summed E-state index contributed by atoms with van der Waals surface area (Å²) in [5, 5.41) is 3.38. The van der Waals surface area contributed by atoms with E-state index in [9.17, 15) is 4.79 Å². The summed E-state index contributed by atoms with van der Waals surface area (Å²) in [5.41, 5.74) is 5.85. The number of piperidine rings is 1. The third kappa shape index (κ3) is 1.92. The second kappa shape index (κ2) is 3.89. The molecule has 3 heteroatoms. The van der Waals surface area contributed by atoms with Gasteiger partial charge in [0.15, 0.2) is 0 Å². The van der Waals surface area contributed by atoms with Crippen LogP contribution in [0.5, 0.6) is 0 Å². The van der Waals surface area contributed by atoms with Crippen molar-refractivity contribution in [1.82, 2.24) is 5.32 Å². The highest BCUT2D eigenvalue weighted by Crippen LogP contribution is 2.45. The van der Waals surface area contributed by atoms with Crippen LogP contribution in [0.4, 0.5) is 0 Å². The van der Waals surface area contributed by atoms with Crippen molar-refractivity contribution in [3.63, 3.8) is 0 Å². The van der Waals surface area contributed by atoms with Gasteiger partial charge < -0.3 is 11.1 Å². The van der Waals surface area contributed by atoms with Crippen LogP contribution in [0.15, 0.2) is 0 Å². The van der Waals surface area contributed by atoms with Gasteiger partial charge in [0.2, 0.25) is 5.91 Å². The molecule has 0 aromatic carbocycles. The van der Waals surface area contributed by atoms with Gasteiger partial charge in [0.25, 0.3) is 0 Å². The smallest absolute Gasteiger partial charge is 0.220 e. The van der Waals surface area contributed by atoms with Crippen LogP contribution in [0, 0.1) is 11.3 Å². The fourth-order valence-corrected chi connectivity index (χ4v) is 3.10. The second-order valence-electron chi connectivity index (χ2n) is 4.95. The van der Waals surface area contributed by atoms with Gasteiger partial charge in [-0.1, -0.05) is 6.42 Å². The molecule has 1 heterocycles. The van der Waals surface area contributed by atoms with E-state index in [1.165, 1.54) is 25.7 Å². The molecule has 80 valence electrons. The van der Waals surface area contributed by atoms with Crippen molar-refractivity contribution < 1.29 is 4.79 Å². The lowest BCUT2D eigenvalue weighted by molar-refractivity contribution is -0.124. The highest BCUT2D eigenvalue weighted by atomic mass is 16.1. The fourth-order valence-electron chi connectivity index (χ4n) is 3.10. The zero-order valence-corrected chi connectivity index (χ0v) is 8.72.